The van der Waals surface area contributed by atoms with Crippen LogP contribution in [0.3, 0.4) is 0 Å². The molecule has 0 aromatic heterocycles. The number of carbonyl (C=O) groups is 4. The van der Waals surface area contributed by atoms with Crippen LogP contribution in [-0.4, -0.2) is 61.6 Å². The maximum atomic E-state index is 13.2. The Morgan fingerprint density at radius 2 is 0.923 bits per heavy atom. The zero-order chi connectivity index (χ0) is 56.2. The lowest BCUT2D eigenvalue weighted by atomic mass is 9.47. The summed E-state index contributed by atoms with van der Waals surface area (Å²) in [6.45, 7) is 27.5. The Morgan fingerprint density at radius 1 is 0.526 bits per heavy atom. The van der Waals surface area contributed by atoms with Crippen molar-refractivity contribution in [3.63, 3.8) is 0 Å². The van der Waals surface area contributed by atoms with Crippen LogP contribution in [0.5, 0.6) is 0 Å². The molecule has 8 rings (SSSR count). The Labute approximate surface area is 472 Å². The van der Waals surface area contributed by atoms with Gasteiger partial charge in [-0.05, 0) is 220 Å². The zero-order valence-electron chi connectivity index (χ0n) is 50.6. The zero-order valence-corrected chi connectivity index (χ0v) is 50.6. The number of nitrogens with one attached hydrogen (secondary N) is 2. The van der Waals surface area contributed by atoms with Gasteiger partial charge in [-0.3, -0.25) is 0 Å². The topological polar surface area (TPSA) is 129 Å². The van der Waals surface area contributed by atoms with Crippen molar-refractivity contribution in [2.45, 2.75) is 249 Å². The normalized spacial score (nSPS) is 36.9. The van der Waals surface area contributed by atoms with Gasteiger partial charge in [0.15, 0.2) is 13.2 Å². The molecule has 0 heterocycles. The van der Waals surface area contributed by atoms with Gasteiger partial charge in [0, 0.05) is 12.8 Å². The molecule has 434 valence electrons. The molecule has 8 aliphatic carbocycles. The summed E-state index contributed by atoms with van der Waals surface area (Å²) in [6, 6.07) is -1.76. The highest BCUT2D eigenvalue weighted by molar-refractivity contribution is 5.81. The fourth-order valence-electron chi connectivity index (χ4n) is 19.0. The van der Waals surface area contributed by atoms with Crippen LogP contribution < -0.4 is 10.6 Å². The molecule has 0 radical (unpaired) electrons. The summed E-state index contributed by atoms with van der Waals surface area (Å²) in [4.78, 5) is 51.5. The number of esters is 2. The van der Waals surface area contributed by atoms with Gasteiger partial charge in [-0.2, -0.15) is 0 Å². The Bertz CT molecular complexity index is 2170. The first-order valence-electron chi connectivity index (χ1n) is 31.7. The third kappa shape index (κ3) is 13.0. The van der Waals surface area contributed by atoms with E-state index >= 15 is 0 Å². The highest BCUT2D eigenvalue weighted by Gasteiger charge is 2.61. The van der Waals surface area contributed by atoms with Gasteiger partial charge < -0.3 is 29.6 Å². The lowest BCUT2D eigenvalue weighted by molar-refractivity contribution is -0.154. The lowest BCUT2D eigenvalue weighted by Gasteiger charge is -2.58. The van der Waals surface area contributed by atoms with Gasteiger partial charge in [-0.1, -0.05) is 131 Å². The Morgan fingerprint density at radius 3 is 1.31 bits per heavy atom. The number of hydrogen-bond acceptors (Lipinski definition) is 8. The average molecular weight is 1080 g/mol. The minimum atomic E-state index is -0.881. The average Bonchev–Trinajstić information content (AvgIpc) is 4.04. The molecule has 2 N–H and O–H groups in total. The highest BCUT2D eigenvalue weighted by Crippen LogP contribution is 2.69. The van der Waals surface area contributed by atoms with E-state index in [1.165, 1.54) is 101 Å². The molecule has 0 spiro atoms. The molecule has 0 bridgehead atoms. The predicted octanol–water partition coefficient (Wildman–Crippen LogP) is 15.1. The first-order valence-corrected chi connectivity index (χ1v) is 31.7. The molecule has 6 saturated carbocycles. The molecule has 0 aromatic rings. The van der Waals surface area contributed by atoms with Crippen molar-refractivity contribution in [3.8, 4) is 23.7 Å². The number of hydrogen-bond donors (Lipinski definition) is 2. The van der Waals surface area contributed by atoms with E-state index in [1.807, 2.05) is 0 Å². The number of allylic oxidation sites excluding steroid dienone is 2. The number of rotatable bonds is 18. The van der Waals surface area contributed by atoms with Crippen molar-refractivity contribution in [1.29, 1.82) is 0 Å². The monoisotopic (exact) mass is 1080 g/mol. The maximum Gasteiger partial charge on any atom is 0.408 e. The second-order valence-electron chi connectivity index (χ2n) is 28.7. The van der Waals surface area contributed by atoms with Crippen LogP contribution in [0.4, 0.5) is 9.59 Å². The smallest absolute Gasteiger partial charge is 0.408 e. The molecule has 78 heavy (non-hydrogen) atoms. The van der Waals surface area contributed by atoms with E-state index in [-0.39, 0.29) is 36.3 Å². The van der Waals surface area contributed by atoms with Gasteiger partial charge >= 0.3 is 24.1 Å². The molecule has 2 amide bonds. The molecule has 10 nitrogen and oxygen atoms in total. The van der Waals surface area contributed by atoms with Crippen LogP contribution in [0.1, 0.15) is 224 Å². The molecular weight excluding hydrogens is 973 g/mol. The maximum absolute atomic E-state index is 13.2. The number of fused-ring (bicyclic) bond motifs is 10. The number of alkyl carbamates (subject to hydrolysis) is 2. The molecule has 0 aromatic carbocycles. The van der Waals surface area contributed by atoms with Crippen LogP contribution in [0, 0.1) is 116 Å². The van der Waals surface area contributed by atoms with Crippen LogP contribution in [-0.2, 0) is 28.5 Å². The minimum Gasteiger partial charge on any atom is -0.461 e. The van der Waals surface area contributed by atoms with Crippen molar-refractivity contribution >= 4 is 24.1 Å². The van der Waals surface area contributed by atoms with Gasteiger partial charge in [0.05, 0.1) is 0 Å². The molecule has 6 fully saturated rings. The Balaban J connectivity index is 0.695. The summed E-state index contributed by atoms with van der Waals surface area (Å²) >= 11 is 0. The van der Waals surface area contributed by atoms with E-state index in [0.29, 0.717) is 22.7 Å². The van der Waals surface area contributed by atoms with Gasteiger partial charge in [-0.15, -0.1) is 0 Å². The van der Waals surface area contributed by atoms with Crippen LogP contribution in [0.25, 0.3) is 0 Å². The van der Waals surface area contributed by atoms with Crippen molar-refractivity contribution in [2.75, 3.05) is 13.2 Å². The second-order valence-corrected chi connectivity index (χ2v) is 28.7. The second kappa shape index (κ2) is 25.5. The third-order valence-electron chi connectivity index (χ3n) is 23.3. The SMILES string of the molecule is CC(C)CCC[C@@H](C)[C@H]1CC[C@H]2[C@@H]3CC=C4C[C@@H](OC(=O)[C@H](C)NC(=O)OCC#CC#CCOC(=O)N[C@@H](C)C(=O)O[C@H]5CC[C@@]6(C)C(=CC[C@H]7[C@@H]8CC[C@H]([C@H](C)CCCC(C)C)[C@@]8(C)CC[C@@H]76)C5)CC[C@]4(C)[C@H]3CC[C@]12C. The van der Waals surface area contributed by atoms with Crippen molar-refractivity contribution in [3.05, 3.63) is 23.3 Å². The van der Waals surface area contributed by atoms with Crippen molar-refractivity contribution in [2.24, 2.45) is 92.7 Å². The molecule has 0 unspecified atom stereocenters. The third-order valence-corrected chi connectivity index (χ3v) is 23.3. The minimum absolute atomic E-state index is 0.158. The molecular formula is C68H104N2O8. The predicted molar refractivity (Wildman–Crippen MR) is 309 cm³/mol. The lowest BCUT2D eigenvalue weighted by Crippen LogP contribution is -2.51. The number of amides is 2. The van der Waals surface area contributed by atoms with E-state index in [1.54, 1.807) is 13.8 Å². The summed E-state index contributed by atoms with van der Waals surface area (Å²) in [7, 11) is 0. The molecule has 0 saturated heterocycles. The summed E-state index contributed by atoms with van der Waals surface area (Å²) in [5, 5.41) is 5.15. The van der Waals surface area contributed by atoms with E-state index < -0.39 is 36.2 Å². The number of ether oxygens (including phenoxy) is 4. The summed E-state index contributed by atoms with van der Waals surface area (Å²) in [5.74, 6) is 18.9. The van der Waals surface area contributed by atoms with E-state index in [2.05, 4.69) is 116 Å². The van der Waals surface area contributed by atoms with Crippen LogP contribution in [0.15, 0.2) is 23.3 Å². The van der Waals surface area contributed by atoms with Gasteiger partial charge in [0.1, 0.15) is 24.3 Å². The fraction of sp³-hybridized carbons (Fsp3) is 0.824. The first-order chi connectivity index (χ1) is 37.1. The molecule has 0 aliphatic heterocycles. The Hall–Kier alpha value is -3.92. The van der Waals surface area contributed by atoms with E-state index in [9.17, 15) is 19.2 Å². The standard InChI is InChI=1S/C68H104N2O8/c1-43(2)19-17-21-45(5)55-27-29-57-53-25-23-49-41-51(31-35-65(49,9)59(53)33-37-67(55,57)11)77-61(71)47(7)69-63(73)75-39-15-13-14-16-40-76-64(74)70-48(8)62(72)78-52-32-36-66(10)50(42-52)24-26-54-58-30-28-56(46(6)22-18-20-44(3)4)68(58,12)38-34-60(54)66/h23-24,43-48,51-60H,17-22,25-42H2,1-12H3,(H,69,73)(H,70,74)/t45-,46-,47+,48+,51+,52+,53+,54+,55-,56-,57+,58+,59+,60+,65+,66+,67-,68-/m1/s1. The quantitative estimate of drug-likeness (QED) is 0.0601. The molecule has 18 atom stereocenters. The first kappa shape index (κ1) is 60.2. The van der Waals surface area contributed by atoms with E-state index in [4.69, 9.17) is 18.9 Å². The fourth-order valence-corrected chi connectivity index (χ4v) is 19.0. The van der Waals surface area contributed by atoms with Crippen molar-refractivity contribution in [1.82, 2.24) is 10.6 Å². The van der Waals surface area contributed by atoms with Crippen LogP contribution in [0.2, 0.25) is 0 Å². The number of carbonyl (C=O) groups excluding carboxylic acids is 4. The largest absolute Gasteiger partial charge is 0.461 e. The van der Waals surface area contributed by atoms with Crippen molar-refractivity contribution < 1.29 is 38.1 Å². The van der Waals surface area contributed by atoms with E-state index in [0.717, 1.165) is 111 Å². The summed E-state index contributed by atoms with van der Waals surface area (Å²) < 4.78 is 22.4. The van der Waals surface area contributed by atoms with Gasteiger partial charge in [-0.25, -0.2) is 19.2 Å². The highest BCUT2D eigenvalue weighted by atomic mass is 16.6. The summed E-state index contributed by atoms with van der Waals surface area (Å²) in [5.41, 5.74) is 4.16. The molecule has 10 heteroatoms. The molecule has 8 aliphatic rings. The van der Waals surface area contributed by atoms with Gasteiger partial charge in [0.2, 0.25) is 0 Å². The Kier molecular flexibility index (Phi) is 19.7. The van der Waals surface area contributed by atoms with Gasteiger partial charge in [0.25, 0.3) is 0 Å². The summed E-state index contributed by atoms with van der Waals surface area (Å²) in [6.07, 6.45) is 29.5. The van der Waals surface area contributed by atoms with Crippen LogP contribution >= 0.6 is 0 Å².